The van der Waals surface area contributed by atoms with Crippen LogP contribution in [0, 0.1) is 5.41 Å². The fraction of sp³-hybridized carbons (Fsp3) is 0.615. The fourth-order valence-electron chi connectivity index (χ4n) is 1.70. The number of nitrogen functional groups attached to an aromatic ring is 1. The Bertz CT molecular complexity index is 570. The zero-order chi connectivity index (χ0) is 14.0. The number of fused-ring (bicyclic) bond motifs is 1. The van der Waals surface area contributed by atoms with Gasteiger partial charge < -0.3 is 10.5 Å². The first-order valence-corrected chi connectivity index (χ1v) is 6.39. The molecule has 0 atom stereocenters. The van der Waals surface area contributed by atoms with Crippen LogP contribution in [0.4, 0.5) is 5.82 Å². The van der Waals surface area contributed by atoms with E-state index in [1.165, 1.54) is 0 Å². The largest absolute Gasteiger partial charge is 0.383 e. The maximum absolute atomic E-state index is 5.88. The molecule has 2 aromatic rings. The molecule has 0 aliphatic heterocycles. The van der Waals surface area contributed by atoms with Gasteiger partial charge >= 0.3 is 0 Å². The second-order valence-corrected chi connectivity index (χ2v) is 5.89. The molecule has 0 unspecified atom stereocenters. The SMILES string of the molecule is Cn1ncc2c(N)nc(COCCC(C)(C)C)nc21. The first-order chi connectivity index (χ1) is 8.87. The van der Waals surface area contributed by atoms with Crippen LogP contribution < -0.4 is 5.73 Å². The van der Waals surface area contributed by atoms with Gasteiger partial charge in [0.15, 0.2) is 11.5 Å². The third kappa shape index (κ3) is 3.41. The van der Waals surface area contributed by atoms with Gasteiger partial charge in [0.05, 0.1) is 11.6 Å². The van der Waals surface area contributed by atoms with Crippen molar-refractivity contribution in [3.05, 3.63) is 12.0 Å². The maximum atomic E-state index is 5.88. The van der Waals surface area contributed by atoms with E-state index >= 15 is 0 Å². The van der Waals surface area contributed by atoms with Crippen molar-refractivity contribution in [2.75, 3.05) is 12.3 Å². The van der Waals surface area contributed by atoms with Crippen molar-refractivity contribution in [3.8, 4) is 0 Å². The highest BCUT2D eigenvalue weighted by molar-refractivity contribution is 5.84. The minimum absolute atomic E-state index is 0.270. The number of anilines is 1. The van der Waals surface area contributed by atoms with Crippen molar-refractivity contribution in [2.45, 2.75) is 33.8 Å². The summed E-state index contributed by atoms with van der Waals surface area (Å²) >= 11 is 0. The third-order valence-corrected chi connectivity index (χ3v) is 2.90. The van der Waals surface area contributed by atoms with E-state index in [9.17, 15) is 0 Å². The standard InChI is InChI=1S/C13H21N5O/c1-13(2,3)5-6-19-8-10-16-11(14)9-7-15-18(4)12(9)17-10/h7H,5-6,8H2,1-4H3,(H2,14,16,17). The van der Waals surface area contributed by atoms with E-state index in [4.69, 9.17) is 10.5 Å². The molecule has 6 heteroatoms. The predicted molar refractivity (Wildman–Crippen MR) is 74.4 cm³/mol. The van der Waals surface area contributed by atoms with E-state index in [1.807, 2.05) is 7.05 Å². The molecule has 0 aromatic carbocycles. The van der Waals surface area contributed by atoms with E-state index in [0.29, 0.717) is 24.9 Å². The number of nitrogens with two attached hydrogens (primary N) is 1. The Kier molecular flexibility index (Phi) is 3.71. The normalized spacial score (nSPS) is 12.2. The van der Waals surface area contributed by atoms with Crippen LogP contribution in [-0.4, -0.2) is 26.4 Å². The molecule has 2 rings (SSSR count). The van der Waals surface area contributed by atoms with Crippen molar-refractivity contribution >= 4 is 16.9 Å². The quantitative estimate of drug-likeness (QED) is 0.852. The number of ether oxygens (including phenoxy) is 1. The third-order valence-electron chi connectivity index (χ3n) is 2.90. The van der Waals surface area contributed by atoms with Gasteiger partial charge in [-0.3, -0.25) is 4.68 Å². The molecule has 0 saturated carbocycles. The molecule has 2 aromatic heterocycles. The predicted octanol–water partition coefficient (Wildman–Crippen LogP) is 1.90. The molecule has 0 aliphatic carbocycles. The average molecular weight is 263 g/mol. The van der Waals surface area contributed by atoms with Crippen molar-refractivity contribution in [1.29, 1.82) is 0 Å². The summed E-state index contributed by atoms with van der Waals surface area (Å²) in [4.78, 5) is 8.65. The number of rotatable bonds is 4. The first kappa shape index (κ1) is 13.7. The number of aryl methyl sites for hydroxylation is 1. The Morgan fingerprint density at radius 1 is 1.32 bits per heavy atom. The van der Waals surface area contributed by atoms with E-state index in [0.717, 1.165) is 17.5 Å². The van der Waals surface area contributed by atoms with Gasteiger partial charge in [-0.05, 0) is 11.8 Å². The summed E-state index contributed by atoms with van der Waals surface area (Å²) < 4.78 is 7.29. The molecule has 6 nitrogen and oxygen atoms in total. The molecule has 19 heavy (non-hydrogen) atoms. The van der Waals surface area contributed by atoms with Gasteiger partial charge in [-0.1, -0.05) is 20.8 Å². The lowest BCUT2D eigenvalue weighted by molar-refractivity contribution is 0.0919. The fourth-order valence-corrected chi connectivity index (χ4v) is 1.70. The zero-order valence-corrected chi connectivity index (χ0v) is 12.0. The van der Waals surface area contributed by atoms with E-state index in [-0.39, 0.29) is 5.41 Å². The van der Waals surface area contributed by atoms with Crippen molar-refractivity contribution < 1.29 is 4.74 Å². The Morgan fingerprint density at radius 3 is 2.74 bits per heavy atom. The van der Waals surface area contributed by atoms with Crippen LogP contribution in [0.15, 0.2) is 6.20 Å². The zero-order valence-electron chi connectivity index (χ0n) is 12.0. The molecule has 0 aliphatic rings. The summed E-state index contributed by atoms with van der Waals surface area (Å²) in [5, 5.41) is 4.90. The van der Waals surface area contributed by atoms with Crippen LogP contribution in [0.3, 0.4) is 0 Å². The van der Waals surface area contributed by atoms with Crippen LogP contribution in [0.2, 0.25) is 0 Å². The summed E-state index contributed by atoms with van der Waals surface area (Å²) in [7, 11) is 1.83. The molecule has 2 heterocycles. The molecular weight excluding hydrogens is 242 g/mol. The Morgan fingerprint density at radius 2 is 2.05 bits per heavy atom. The second-order valence-electron chi connectivity index (χ2n) is 5.89. The van der Waals surface area contributed by atoms with Crippen LogP contribution in [0.1, 0.15) is 33.0 Å². The maximum Gasteiger partial charge on any atom is 0.163 e. The van der Waals surface area contributed by atoms with Crippen LogP contribution in [0.25, 0.3) is 11.0 Å². The summed E-state index contributed by atoms with van der Waals surface area (Å²) in [6.45, 7) is 7.63. The summed E-state index contributed by atoms with van der Waals surface area (Å²) in [5.41, 5.74) is 6.89. The Labute approximate surface area is 113 Å². The van der Waals surface area contributed by atoms with E-state index < -0.39 is 0 Å². The molecule has 0 spiro atoms. The lowest BCUT2D eigenvalue weighted by atomic mass is 9.93. The molecule has 0 radical (unpaired) electrons. The highest BCUT2D eigenvalue weighted by Crippen LogP contribution is 2.19. The van der Waals surface area contributed by atoms with Gasteiger partial charge in [-0.2, -0.15) is 5.10 Å². The van der Waals surface area contributed by atoms with E-state index in [2.05, 4.69) is 35.8 Å². The van der Waals surface area contributed by atoms with Crippen LogP contribution >= 0.6 is 0 Å². The van der Waals surface area contributed by atoms with Gasteiger partial charge in [-0.25, -0.2) is 9.97 Å². The monoisotopic (exact) mass is 263 g/mol. The van der Waals surface area contributed by atoms with E-state index in [1.54, 1.807) is 10.9 Å². The Hall–Kier alpha value is -1.69. The summed E-state index contributed by atoms with van der Waals surface area (Å²) in [6.07, 6.45) is 2.67. The van der Waals surface area contributed by atoms with Crippen LogP contribution in [0.5, 0.6) is 0 Å². The van der Waals surface area contributed by atoms with Crippen molar-refractivity contribution in [1.82, 2.24) is 19.7 Å². The molecule has 2 N–H and O–H groups in total. The highest BCUT2D eigenvalue weighted by Gasteiger charge is 2.11. The molecule has 0 bridgehead atoms. The van der Waals surface area contributed by atoms with Gasteiger partial charge in [0, 0.05) is 13.7 Å². The smallest absolute Gasteiger partial charge is 0.163 e. The number of hydrogen-bond donors (Lipinski definition) is 1. The number of aromatic nitrogens is 4. The van der Waals surface area contributed by atoms with Crippen molar-refractivity contribution in [3.63, 3.8) is 0 Å². The minimum Gasteiger partial charge on any atom is -0.383 e. The molecule has 104 valence electrons. The molecule has 0 saturated heterocycles. The second kappa shape index (κ2) is 5.13. The summed E-state index contributed by atoms with van der Waals surface area (Å²) in [6, 6.07) is 0. The lowest BCUT2D eigenvalue weighted by Crippen LogP contribution is -2.11. The summed E-state index contributed by atoms with van der Waals surface area (Å²) in [5.74, 6) is 1.05. The van der Waals surface area contributed by atoms with Crippen molar-refractivity contribution in [2.24, 2.45) is 12.5 Å². The number of nitrogens with zero attached hydrogens (tertiary/aromatic N) is 4. The average Bonchev–Trinajstić information content (AvgIpc) is 2.66. The van der Waals surface area contributed by atoms with Crippen LogP contribution in [-0.2, 0) is 18.4 Å². The Balaban J connectivity index is 2.03. The van der Waals surface area contributed by atoms with Gasteiger partial charge in [0.25, 0.3) is 0 Å². The topological polar surface area (TPSA) is 78.9 Å². The molecule has 0 fully saturated rings. The minimum atomic E-state index is 0.270. The first-order valence-electron chi connectivity index (χ1n) is 6.39. The lowest BCUT2D eigenvalue weighted by Gasteiger charge is -2.17. The van der Waals surface area contributed by atoms with Gasteiger partial charge in [0.1, 0.15) is 12.4 Å². The highest BCUT2D eigenvalue weighted by atomic mass is 16.5. The molecule has 0 amide bonds. The number of hydrogen-bond acceptors (Lipinski definition) is 5. The van der Waals surface area contributed by atoms with Gasteiger partial charge in [0.2, 0.25) is 0 Å². The molecular formula is C13H21N5O. The van der Waals surface area contributed by atoms with Gasteiger partial charge in [-0.15, -0.1) is 0 Å².